The van der Waals surface area contributed by atoms with Gasteiger partial charge in [0.05, 0.1) is 0 Å². The van der Waals surface area contributed by atoms with Gasteiger partial charge >= 0.3 is 0 Å². The van der Waals surface area contributed by atoms with E-state index in [9.17, 15) is 0 Å². The van der Waals surface area contributed by atoms with E-state index >= 15 is 0 Å². The van der Waals surface area contributed by atoms with Crippen molar-refractivity contribution in [3.8, 4) is 0 Å². The lowest BCUT2D eigenvalue weighted by atomic mass is 10.1. The van der Waals surface area contributed by atoms with Gasteiger partial charge in [0, 0.05) is 18.6 Å². The summed E-state index contributed by atoms with van der Waals surface area (Å²) in [6.07, 6.45) is 2.48. The number of rotatable bonds is 2. The zero-order valence-electron chi connectivity index (χ0n) is 7.93. The van der Waals surface area contributed by atoms with Crippen LogP contribution in [0.3, 0.4) is 0 Å². The lowest BCUT2D eigenvalue weighted by Crippen LogP contribution is -2.34. The second-order valence-corrected chi connectivity index (χ2v) is 3.78. The fourth-order valence-corrected chi connectivity index (χ4v) is 1.89. The van der Waals surface area contributed by atoms with Gasteiger partial charge in [-0.1, -0.05) is 19.1 Å². The second-order valence-electron chi connectivity index (χ2n) is 3.78. The minimum absolute atomic E-state index is 0.680. The van der Waals surface area contributed by atoms with Crippen molar-refractivity contribution in [3.63, 3.8) is 0 Å². The van der Waals surface area contributed by atoms with Crippen molar-refractivity contribution >= 4 is 0 Å². The summed E-state index contributed by atoms with van der Waals surface area (Å²) >= 11 is 0. The van der Waals surface area contributed by atoms with Crippen molar-refractivity contribution in [2.45, 2.75) is 45.7 Å². The van der Waals surface area contributed by atoms with Crippen LogP contribution < -0.4 is 0 Å². The molecule has 0 amide bonds. The number of hydrogen-bond donors (Lipinski definition) is 0. The maximum absolute atomic E-state index is 4.04. The fraction of sp³-hybridized carbons (Fsp3) is 0.800. The molecule has 0 N–H and O–H groups in total. The molecule has 1 aliphatic rings. The number of nitrogens with zero attached hydrogens (tertiary/aromatic N) is 1. The predicted molar refractivity (Wildman–Crippen MR) is 49.7 cm³/mol. The summed E-state index contributed by atoms with van der Waals surface area (Å²) in [6, 6.07) is 1.45. The van der Waals surface area contributed by atoms with Crippen molar-refractivity contribution in [2.75, 3.05) is 6.54 Å². The Kier molecular flexibility index (Phi) is 2.72. The van der Waals surface area contributed by atoms with E-state index in [0.29, 0.717) is 6.04 Å². The van der Waals surface area contributed by atoms with Crippen molar-refractivity contribution < 1.29 is 0 Å². The molecule has 0 spiro atoms. The molecule has 1 nitrogen and oxygen atoms in total. The molecule has 11 heavy (non-hydrogen) atoms. The summed E-state index contributed by atoms with van der Waals surface area (Å²) in [4.78, 5) is 2.54. The third-order valence-corrected chi connectivity index (χ3v) is 2.53. The van der Waals surface area contributed by atoms with Crippen LogP contribution in [0.5, 0.6) is 0 Å². The molecule has 0 unspecified atom stereocenters. The Morgan fingerprint density at radius 3 is 2.64 bits per heavy atom. The monoisotopic (exact) mass is 153 g/mol. The molecule has 64 valence electrons. The summed E-state index contributed by atoms with van der Waals surface area (Å²) in [5.41, 5.74) is 1.41. The van der Waals surface area contributed by atoms with Crippen LogP contribution in [0.2, 0.25) is 0 Å². The Hall–Kier alpha value is -0.300. The molecule has 1 fully saturated rings. The van der Waals surface area contributed by atoms with Gasteiger partial charge in [-0.2, -0.15) is 0 Å². The molecule has 0 aliphatic carbocycles. The molecule has 0 aromatic carbocycles. The van der Waals surface area contributed by atoms with E-state index < -0.39 is 0 Å². The quantitative estimate of drug-likeness (QED) is 0.551. The van der Waals surface area contributed by atoms with Gasteiger partial charge in [-0.05, 0) is 26.7 Å². The van der Waals surface area contributed by atoms with Crippen LogP contribution in [0.1, 0.15) is 33.6 Å². The molecule has 1 heteroatoms. The Morgan fingerprint density at radius 2 is 2.27 bits per heavy atom. The van der Waals surface area contributed by atoms with Gasteiger partial charge < -0.3 is 0 Å². The second kappa shape index (κ2) is 3.40. The van der Waals surface area contributed by atoms with Crippen molar-refractivity contribution in [2.24, 2.45) is 0 Å². The lowest BCUT2D eigenvalue weighted by Gasteiger charge is -2.26. The molecule has 1 rings (SSSR count). The Balaban J connectivity index is 2.57. The maximum Gasteiger partial charge on any atom is 0.0196 e. The average Bonchev–Trinajstić information content (AvgIpc) is 2.30. The van der Waals surface area contributed by atoms with E-state index in [-0.39, 0.29) is 0 Å². The summed E-state index contributed by atoms with van der Waals surface area (Å²) in [7, 11) is 0. The first kappa shape index (κ1) is 8.79. The van der Waals surface area contributed by atoms with Gasteiger partial charge in [-0.3, -0.25) is 4.90 Å². The summed E-state index contributed by atoms with van der Waals surface area (Å²) < 4.78 is 0. The van der Waals surface area contributed by atoms with Gasteiger partial charge in [-0.25, -0.2) is 0 Å². The minimum atomic E-state index is 0.680. The highest BCUT2D eigenvalue weighted by Crippen LogP contribution is 2.25. The molecule has 0 bridgehead atoms. The van der Waals surface area contributed by atoms with Gasteiger partial charge in [-0.15, -0.1) is 0 Å². The van der Waals surface area contributed by atoms with Crippen molar-refractivity contribution in [3.05, 3.63) is 12.2 Å². The smallest absolute Gasteiger partial charge is 0.0196 e. The minimum Gasteiger partial charge on any atom is -0.294 e. The third kappa shape index (κ3) is 1.84. The highest BCUT2D eigenvalue weighted by Gasteiger charge is 2.26. The molecular weight excluding hydrogens is 134 g/mol. The summed E-state index contributed by atoms with van der Waals surface area (Å²) in [5, 5.41) is 0. The fourth-order valence-electron chi connectivity index (χ4n) is 1.89. The highest BCUT2D eigenvalue weighted by molar-refractivity contribution is 5.08. The number of likely N-dealkylation sites (tertiary alicyclic amines) is 1. The molecule has 1 aliphatic heterocycles. The van der Waals surface area contributed by atoms with E-state index in [1.54, 1.807) is 0 Å². The zero-order chi connectivity index (χ0) is 8.43. The first-order valence-electron chi connectivity index (χ1n) is 4.57. The molecule has 0 radical (unpaired) electrons. The maximum atomic E-state index is 4.04. The molecule has 1 heterocycles. The zero-order valence-corrected chi connectivity index (χ0v) is 7.93. The van der Waals surface area contributed by atoms with E-state index in [4.69, 9.17) is 0 Å². The predicted octanol–water partition coefficient (Wildman–Crippen LogP) is 2.44. The van der Waals surface area contributed by atoms with Crippen LogP contribution in [0.15, 0.2) is 12.2 Å². The van der Waals surface area contributed by atoms with Crippen molar-refractivity contribution in [1.82, 2.24) is 4.90 Å². The largest absolute Gasteiger partial charge is 0.294 e. The first-order valence-corrected chi connectivity index (χ1v) is 4.57. The third-order valence-electron chi connectivity index (χ3n) is 2.53. The van der Waals surface area contributed by atoms with Gasteiger partial charge in [0.1, 0.15) is 0 Å². The standard InChI is InChI=1S/C10H19N/c1-5-10-6-9(4)7-11(10)8(2)3/h8,10H,4-7H2,1-3H3/t10-/m1/s1. The van der Waals surface area contributed by atoms with E-state index in [2.05, 4.69) is 32.3 Å². The Bertz CT molecular complexity index is 149. The van der Waals surface area contributed by atoms with Crippen LogP contribution in [-0.4, -0.2) is 23.5 Å². The SMILES string of the molecule is C=C1C[C@@H](CC)N(C(C)C)C1. The molecule has 0 aromatic heterocycles. The lowest BCUT2D eigenvalue weighted by molar-refractivity contribution is 0.201. The van der Waals surface area contributed by atoms with E-state index in [1.807, 2.05) is 0 Å². The average molecular weight is 153 g/mol. The van der Waals surface area contributed by atoms with Crippen LogP contribution in [0.25, 0.3) is 0 Å². The van der Waals surface area contributed by atoms with Gasteiger partial charge in [0.25, 0.3) is 0 Å². The topological polar surface area (TPSA) is 3.24 Å². The summed E-state index contributed by atoms with van der Waals surface area (Å²) in [5.74, 6) is 0. The van der Waals surface area contributed by atoms with Crippen LogP contribution >= 0.6 is 0 Å². The van der Waals surface area contributed by atoms with E-state index in [1.165, 1.54) is 18.4 Å². The first-order chi connectivity index (χ1) is 5.15. The Labute approximate surface area is 70.1 Å². The molecular formula is C10H19N. The van der Waals surface area contributed by atoms with E-state index in [0.717, 1.165) is 12.6 Å². The summed E-state index contributed by atoms with van der Waals surface area (Å²) in [6.45, 7) is 12.0. The van der Waals surface area contributed by atoms with Gasteiger partial charge in [0.2, 0.25) is 0 Å². The molecule has 0 aromatic rings. The normalized spacial score (nSPS) is 26.9. The van der Waals surface area contributed by atoms with Crippen molar-refractivity contribution in [1.29, 1.82) is 0 Å². The molecule has 1 saturated heterocycles. The highest BCUT2D eigenvalue weighted by atomic mass is 15.2. The Morgan fingerprint density at radius 1 is 1.64 bits per heavy atom. The van der Waals surface area contributed by atoms with Crippen LogP contribution in [0, 0.1) is 0 Å². The number of hydrogen-bond acceptors (Lipinski definition) is 1. The molecule has 1 atom stereocenters. The van der Waals surface area contributed by atoms with Crippen LogP contribution in [-0.2, 0) is 0 Å². The van der Waals surface area contributed by atoms with Crippen LogP contribution in [0.4, 0.5) is 0 Å². The molecule has 0 saturated carbocycles. The van der Waals surface area contributed by atoms with Gasteiger partial charge in [0.15, 0.2) is 0 Å².